The maximum atomic E-state index is 9.97. The normalized spacial score (nSPS) is 14.0. The fourth-order valence-electron chi connectivity index (χ4n) is 2.91. The second kappa shape index (κ2) is 9.96. The molecule has 2 atom stereocenters. The first-order valence-corrected chi connectivity index (χ1v) is 8.56. The molecule has 1 N–H and O–H groups in total. The molecule has 2 nitrogen and oxygen atoms in total. The van der Waals surface area contributed by atoms with Gasteiger partial charge in [0.25, 0.3) is 0 Å². The van der Waals surface area contributed by atoms with Crippen molar-refractivity contribution in [1.29, 1.82) is 0 Å². The monoisotopic (exact) mass is 309 g/mol. The van der Waals surface area contributed by atoms with Crippen LogP contribution in [-0.4, -0.2) is 16.7 Å². The Labute approximate surface area is 139 Å². The molecule has 0 saturated heterocycles. The molecular formula is C21H27NO. The zero-order valence-corrected chi connectivity index (χ0v) is 13.9. The molecule has 1 aromatic heterocycles. The molecule has 0 radical (unpaired) electrons. The smallest absolute Gasteiger partial charge is 0.0471 e. The first-order valence-electron chi connectivity index (χ1n) is 8.56. The molecule has 0 bridgehead atoms. The zero-order valence-electron chi connectivity index (χ0n) is 13.9. The lowest BCUT2D eigenvalue weighted by molar-refractivity contribution is 0.214. The Kier molecular flexibility index (Phi) is 7.55. The van der Waals surface area contributed by atoms with Crippen LogP contribution in [0.5, 0.6) is 0 Å². The molecule has 2 rings (SSSR count). The van der Waals surface area contributed by atoms with Gasteiger partial charge in [0.15, 0.2) is 0 Å². The van der Waals surface area contributed by atoms with Crippen molar-refractivity contribution in [1.82, 2.24) is 4.98 Å². The van der Waals surface area contributed by atoms with Gasteiger partial charge in [0.05, 0.1) is 0 Å². The van der Waals surface area contributed by atoms with Gasteiger partial charge in [0.1, 0.15) is 0 Å². The van der Waals surface area contributed by atoms with Crippen LogP contribution >= 0.6 is 0 Å². The first kappa shape index (κ1) is 17.4. The maximum Gasteiger partial charge on any atom is 0.0471 e. The van der Waals surface area contributed by atoms with Gasteiger partial charge in [-0.05, 0) is 36.0 Å². The molecule has 2 aromatic rings. The molecule has 0 fully saturated rings. The van der Waals surface area contributed by atoms with Gasteiger partial charge in [-0.2, -0.15) is 0 Å². The van der Waals surface area contributed by atoms with E-state index in [1.165, 1.54) is 24.0 Å². The van der Waals surface area contributed by atoms with E-state index in [0.717, 1.165) is 12.8 Å². The molecule has 0 unspecified atom stereocenters. The van der Waals surface area contributed by atoms with Gasteiger partial charge in [0.2, 0.25) is 0 Å². The van der Waals surface area contributed by atoms with Gasteiger partial charge in [-0.15, -0.1) is 0 Å². The molecule has 0 saturated carbocycles. The summed E-state index contributed by atoms with van der Waals surface area (Å²) in [7, 11) is 0. The van der Waals surface area contributed by atoms with E-state index in [4.69, 9.17) is 0 Å². The Morgan fingerprint density at radius 2 is 1.96 bits per heavy atom. The second-order valence-electron chi connectivity index (χ2n) is 6.01. The number of allylic oxidation sites excluding steroid dienone is 2. The minimum absolute atomic E-state index is 0.166. The summed E-state index contributed by atoms with van der Waals surface area (Å²) >= 11 is 0. The SMILES string of the molecule is CCCC/C=C/[C@@H](c1ccccc1)[C@@H](CO)Cc1cccnc1. The lowest BCUT2D eigenvalue weighted by atomic mass is 9.82. The van der Waals surface area contributed by atoms with Crippen LogP contribution in [0.25, 0.3) is 0 Å². The molecule has 1 heterocycles. The minimum atomic E-state index is 0.166. The van der Waals surface area contributed by atoms with E-state index < -0.39 is 0 Å². The Morgan fingerprint density at radius 3 is 2.61 bits per heavy atom. The van der Waals surface area contributed by atoms with Gasteiger partial charge in [-0.25, -0.2) is 0 Å². The molecule has 1 aromatic carbocycles. The third-order valence-electron chi connectivity index (χ3n) is 4.22. The van der Waals surface area contributed by atoms with Gasteiger partial charge < -0.3 is 5.11 Å². The third kappa shape index (κ3) is 5.65. The van der Waals surface area contributed by atoms with Crippen molar-refractivity contribution in [3.8, 4) is 0 Å². The highest BCUT2D eigenvalue weighted by Crippen LogP contribution is 2.29. The predicted molar refractivity (Wildman–Crippen MR) is 96.4 cm³/mol. The fourth-order valence-corrected chi connectivity index (χ4v) is 2.91. The van der Waals surface area contributed by atoms with Crippen LogP contribution < -0.4 is 0 Å². The first-order chi connectivity index (χ1) is 11.3. The molecule has 0 amide bonds. The number of nitrogens with zero attached hydrogens (tertiary/aromatic N) is 1. The molecule has 2 heteroatoms. The van der Waals surface area contributed by atoms with E-state index in [0.29, 0.717) is 0 Å². The summed E-state index contributed by atoms with van der Waals surface area (Å²) in [5.41, 5.74) is 2.44. The summed E-state index contributed by atoms with van der Waals surface area (Å²) < 4.78 is 0. The molecule has 0 aliphatic rings. The Bertz CT molecular complexity index is 565. The number of hydrogen-bond acceptors (Lipinski definition) is 2. The Morgan fingerprint density at radius 1 is 1.13 bits per heavy atom. The Balaban J connectivity index is 2.17. The number of hydrogen-bond donors (Lipinski definition) is 1. The third-order valence-corrected chi connectivity index (χ3v) is 4.22. The van der Waals surface area contributed by atoms with Crippen LogP contribution in [0, 0.1) is 5.92 Å². The predicted octanol–water partition coefficient (Wildman–Crippen LogP) is 4.76. The summed E-state index contributed by atoms with van der Waals surface area (Å²) in [5.74, 6) is 0.401. The van der Waals surface area contributed by atoms with Gasteiger partial charge in [-0.3, -0.25) is 4.98 Å². The number of aliphatic hydroxyl groups excluding tert-OH is 1. The standard InChI is InChI=1S/C21H27NO/c1-2-3-4-8-13-21(19-11-6-5-7-12-19)20(17-23)15-18-10-9-14-22-16-18/h5-14,16,20-21,23H,2-4,15,17H2,1H3/b13-8+/t20-,21+/m1/s1. The minimum Gasteiger partial charge on any atom is -0.396 e. The topological polar surface area (TPSA) is 33.1 Å². The average Bonchev–Trinajstić information content (AvgIpc) is 2.62. The summed E-state index contributed by atoms with van der Waals surface area (Å²) in [6, 6.07) is 14.5. The second-order valence-corrected chi connectivity index (χ2v) is 6.01. The largest absolute Gasteiger partial charge is 0.396 e. The van der Waals surface area contributed by atoms with Crippen LogP contribution in [0.1, 0.15) is 43.2 Å². The molecule has 0 spiro atoms. The summed E-state index contributed by atoms with van der Waals surface area (Å²) in [5, 5.41) is 9.97. The van der Waals surface area contributed by atoms with Crippen molar-refractivity contribution < 1.29 is 5.11 Å². The molecule has 0 aliphatic heterocycles. The average molecular weight is 309 g/mol. The van der Waals surface area contributed by atoms with E-state index in [1.807, 2.05) is 18.3 Å². The van der Waals surface area contributed by atoms with Crippen molar-refractivity contribution in [2.75, 3.05) is 6.61 Å². The number of benzene rings is 1. The molecule has 122 valence electrons. The maximum absolute atomic E-state index is 9.97. The van der Waals surface area contributed by atoms with E-state index in [9.17, 15) is 5.11 Å². The van der Waals surface area contributed by atoms with Crippen LogP contribution in [0.2, 0.25) is 0 Å². The van der Waals surface area contributed by atoms with Crippen molar-refractivity contribution in [3.05, 3.63) is 78.1 Å². The van der Waals surface area contributed by atoms with Crippen molar-refractivity contribution >= 4 is 0 Å². The van der Waals surface area contributed by atoms with E-state index >= 15 is 0 Å². The summed E-state index contributed by atoms with van der Waals surface area (Å²) in [6.45, 7) is 2.38. The molecular weight excluding hydrogens is 282 g/mol. The van der Waals surface area contributed by atoms with Crippen molar-refractivity contribution in [3.63, 3.8) is 0 Å². The van der Waals surface area contributed by atoms with E-state index in [-0.39, 0.29) is 18.4 Å². The van der Waals surface area contributed by atoms with Crippen LogP contribution in [-0.2, 0) is 6.42 Å². The highest BCUT2D eigenvalue weighted by Gasteiger charge is 2.20. The fraction of sp³-hybridized carbons (Fsp3) is 0.381. The van der Waals surface area contributed by atoms with Gasteiger partial charge in [-0.1, -0.05) is 68.3 Å². The van der Waals surface area contributed by atoms with Crippen LogP contribution in [0.15, 0.2) is 67.0 Å². The lowest BCUT2D eigenvalue weighted by Gasteiger charge is -2.23. The summed E-state index contributed by atoms with van der Waals surface area (Å²) in [4.78, 5) is 4.19. The van der Waals surface area contributed by atoms with Gasteiger partial charge >= 0.3 is 0 Å². The summed E-state index contributed by atoms with van der Waals surface area (Å²) in [6.07, 6.45) is 12.6. The number of rotatable bonds is 9. The lowest BCUT2D eigenvalue weighted by Crippen LogP contribution is -2.18. The quantitative estimate of drug-likeness (QED) is 0.535. The van der Waals surface area contributed by atoms with Crippen LogP contribution in [0.4, 0.5) is 0 Å². The highest BCUT2D eigenvalue weighted by molar-refractivity contribution is 5.26. The van der Waals surface area contributed by atoms with Crippen molar-refractivity contribution in [2.45, 2.75) is 38.5 Å². The van der Waals surface area contributed by atoms with E-state index in [2.05, 4.69) is 54.4 Å². The zero-order chi connectivity index (χ0) is 16.3. The number of aromatic nitrogens is 1. The Hall–Kier alpha value is -1.93. The van der Waals surface area contributed by atoms with E-state index in [1.54, 1.807) is 6.20 Å². The highest BCUT2D eigenvalue weighted by atomic mass is 16.3. The number of pyridine rings is 1. The number of aliphatic hydroxyl groups is 1. The number of unbranched alkanes of at least 4 members (excludes halogenated alkanes) is 2. The molecule has 0 aliphatic carbocycles. The van der Waals surface area contributed by atoms with Crippen molar-refractivity contribution in [2.24, 2.45) is 5.92 Å². The van der Waals surface area contributed by atoms with Crippen LogP contribution in [0.3, 0.4) is 0 Å². The van der Waals surface area contributed by atoms with Gasteiger partial charge in [0, 0.05) is 24.9 Å². The molecule has 23 heavy (non-hydrogen) atoms.